The molecule has 0 saturated carbocycles. The Bertz CT molecular complexity index is 846. The second-order valence-corrected chi connectivity index (χ2v) is 6.42. The van der Waals surface area contributed by atoms with E-state index in [0.717, 1.165) is 33.4 Å². The van der Waals surface area contributed by atoms with Crippen LogP contribution in [0.15, 0.2) is 48.5 Å². The average Bonchev–Trinajstić information content (AvgIpc) is 2.54. The summed E-state index contributed by atoms with van der Waals surface area (Å²) >= 11 is 0. The van der Waals surface area contributed by atoms with Crippen molar-refractivity contribution in [3.05, 3.63) is 82.4 Å². The van der Waals surface area contributed by atoms with Gasteiger partial charge in [0.25, 0.3) is 0 Å². The van der Waals surface area contributed by atoms with Crippen LogP contribution >= 0.6 is 0 Å². The van der Waals surface area contributed by atoms with Crippen LogP contribution < -0.4 is 0 Å². The largest absolute Gasteiger partial charge is 0.207 e. The third kappa shape index (κ3) is 2.96. The van der Waals surface area contributed by atoms with Gasteiger partial charge in [-0.1, -0.05) is 29.8 Å². The minimum Gasteiger partial charge on any atom is -0.207 e. The fraction of sp³-hybridized carbons (Fsp3) is 0.182. The fourth-order valence-corrected chi connectivity index (χ4v) is 3.09. The first-order valence-electron chi connectivity index (χ1n) is 8.01. The van der Waals surface area contributed by atoms with E-state index in [4.69, 9.17) is 0 Å². The van der Waals surface area contributed by atoms with Crippen LogP contribution in [0.1, 0.15) is 22.3 Å². The van der Waals surface area contributed by atoms with Crippen LogP contribution in [0.2, 0.25) is 0 Å². The molecule has 0 fully saturated rings. The lowest BCUT2D eigenvalue weighted by atomic mass is 9.91. The van der Waals surface area contributed by atoms with E-state index in [2.05, 4.69) is 12.1 Å². The highest BCUT2D eigenvalue weighted by Gasteiger charge is 2.14. The first-order valence-corrected chi connectivity index (χ1v) is 8.01. The Labute approximate surface area is 141 Å². The molecule has 122 valence electrons. The Hall–Kier alpha value is -2.48. The number of halogens is 2. The van der Waals surface area contributed by atoms with Crippen LogP contribution in [-0.2, 0) is 0 Å². The van der Waals surface area contributed by atoms with E-state index in [-0.39, 0.29) is 11.6 Å². The molecule has 0 radical (unpaired) electrons. The molecule has 3 rings (SSSR count). The van der Waals surface area contributed by atoms with Crippen LogP contribution in [-0.4, -0.2) is 0 Å². The zero-order valence-corrected chi connectivity index (χ0v) is 14.4. The zero-order chi connectivity index (χ0) is 17.4. The Morgan fingerprint density at radius 2 is 1.12 bits per heavy atom. The predicted molar refractivity (Wildman–Crippen MR) is 96.2 cm³/mol. The summed E-state index contributed by atoms with van der Waals surface area (Å²) in [5.74, 6) is -0.684. The van der Waals surface area contributed by atoms with Crippen LogP contribution in [0.3, 0.4) is 0 Å². The molecule has 0 atom stereocenters. The topological polar surface area (TPSA) is 0 Å². The van der Waals surface area contributed by atoms with Crippen molar-refractivity contribution in [3.8, 4) is 22.3 Å². The summed E-state index contributed by atoms with van der Waals surface area (Å²) in [6.45, 7) is 7.88. The normalized spacial score (nSPS) is 10.9. The van der Waals surface area contributed by atoms with E-state index < -0.39 is 0 Å². The molecule has 0 amide bonds. The van der Waals surface area contributed by atoms with Gasteiger partial charge in [0.15, 0.2) is 0 Å². The van der Waals surface area contributed by atoms with Crippen molar-refractivity contribution in [1.82, 2.24) is 0 Å². The Balaban J connectivity index is 2.20. The lowest BCUT2D eigenvalue weighted by Crippen LogP contribution is -1.95. The average molecular weight is 322 g/mol. The van der Waals surface area contributed by atoms with Crippen molar-refractivity contribution in [2.24, 2.45) is 0 Å². The number of benzene rings is 3. The standard InChI is InChI=1S/C22H20F2/c1-13-5-6-14(2)18(9-13)20-12-22(24)21(10-16(20)4)19-11-17(23)8-7-15(19)3/h5-12H,1-4H3. The molecule has 3 aromatic rings. The number of hydrogen-bond acceptors (Lipinski definition) is 0. The van der Waals surface area contributed by atoms with Crippen LogP contribution in [0, 0.1) is 39.3 Å². The van der Waals surface area contributed by atoms with Crippen LogP contribution in [0.5, 0.6) is 0 Å². The SMILES string of the molecule is Cc1ccc(C)c(-c2cc(F)c(-c3cc(F)ccc3C)cc2C)c1. The minimum atomic E-state index is -0.355. The quantitative estimate of drug-likeness (QED) is 0.503. The molecule has 24 heavy (non-hydrogen) atoms. The van der Waals surface area contributed by atoms with Crippen molar-refractivity contribution in [1.29, 1.82) is 0 Å². The Morgan fingerprint density at radius 1 is 0.542 bits per heavy atom. The maximum Gasteiger partial charge on any atom is 0.131 e. The fourth-order valence-electron chi connectivity index (χ4n) is 3.09. The molecule has 0 saturated heterocycles. The Kier molecular flexibility index (Phi) is 4.23. The van der Waals surface area contributed by atoms with Gasteiger partial charge in [0, 0.05) is 5.56 Å². The van der Waals surface area contributed by atoms with Gasteiger partial charge >= 0.3 is 0 Å². The van der Waals surface area contributed by atoms with Crippen molar-refractivity contribution >= 4 is 0 Å². The monoisotopic (exact) mass is 322 g/mol. The molecule has 0 unspecified atom stereocenters. The summed E-state index contributed by atoms with van der Waals surface area (Å²) in [6, 6.07) is 14.0. The van der Waals surface area contributed by atoms with Gasteiger partial charge in [-0.3, -0.25) is 0 Å². The van der Waals surface area contributed by atoms with E-state index in [9.17, 15) is 8.78 Å². The van der Waals surface area contributed by atoms with Gasteiger partial charge in [-0.25, -0.2) is 8.78 Å². The highest BCUT2D eigenvalue weighted by Crippen LogP contribution is 2.34. The molecule has 0 heterocycles. The van der Waals surface area contributed by atoms with E-state index in [1.807, 2.05) is 39.8 Å². The van der Waals surface area contributed by atoms with Crippen molar-refractivity contribution in [3.63, 3.8) is 0 Å². The molecule has 0 nitrogen and oxygen atoms in total. The summed E-state index contributed by atoms with van der Waals surface area (Å²) in [4.78, 5) is 0. The first kappa shape index (κ1) is 16.4. The predicted octanol–water partition coefficient (Wildman–Crippen LogP) is 6.53. The molecule has 0 aromatic heterocycles. The van der Waals surface area contributed by atoms with Crippen molar-refractivity contribution in [2.45, 2.75) is 27.7 Å². The molecular formula is C22H20F2. The third-order valence-electron chi connectivity index (χ3n) is 4.49. The molecule has 2 heteroatoms. The maximum atomic E-state index is 14.8. The summed E-state index contributed by atoms with van der Waals surface area (Å²) in [7, 11) is 0. The van der Waals surface area contributed by atoms with Gasteiger partial charge < -0.3 is 0 Å². The molecule has 0 aliphatic heterocycles. The van der Waals surface area contributed by atoms with E-state index in [1.54, 1.807) is 12.1 Å². The minimum absolute atomic E-state index is 0.329. The molecular weight excluding hydrogens is 302 g/mol. The van der Waals surface area contributed by atoms with E-state index in [0.29, 0.717) is 11.1 Å². The smallest absolute Gasteiger partial charge is 0.131 e. The zero-order valence-electron chi connectivity index (χ0n) is 14.4. The van der Waals surface area contributed by atoms with Gasteiger partial charge in [-0.2, -0.15) is 0 Å². The third-order valence-corrected chi connectivity index (χ3v) is 4.49. The van der Waals surface area contributed by atoms with Gasteiger partial charge in [0.1, 0.15) is 11.6 Å². The molecule has 3 aromatic carbocycles. The van der Waals surface area contributed by atoms with Gasteiger partial charge in [-0.15, -0.1) is 0 Å². The van der Waals surface area contributed by atoms with E-state index >= 15 is 0 Å². The molecule has 0 aliphatic rings. The van der Waals surface area contributed by atoms with Gasteiger partial charge in [0.2, 0.25) is 0 Å². The highest BCUT2D eigenvalue weighted by atomic mass is 19.1. The summed E-state index contributed by atoms with van der Waals surface area (Å²) in [5, 5.41) is 0. The summed E-state index contributed by atoms with van der Waals surface area (Å²) < 4.78 is 28.4. The maximum absolute atomic E-state index is 14.8. The van der Waals surface area contributed by atoms with E-state index in [1.165, 1.54) is 12.1 Å². The number of hydrogen-bond donors (Lipinski definition) is 0. The molecule has 0 spiro atoms. The first-order chi connectivity index (χ1) is 11.4. The molecule has 0 N–H and O–H groups in total. The van der Waals surface area contributed by atoms with Crippen LogP contribution in [0.25, 0.3) is 22.3 Å². The molecule has 0 aliphatic carbocycles. The second-order valence-electron chi connectivity index (χ2n) is 6.42. The number of rotatable bonds is 2. The van der Waals surface area contributed by atoms with Crippen molar-refractivity contribution < 1.29 is 8.78 Å². The van der Waals surface area contributed by atoms with Gasteiger partial charge in [0.05, 0.1) is 0 Å². The lowest BCUT2D eigenvalue weighted by molar-refractivity contribution is 0.624. The van der Waals surface area contributed by atoms with Crippen LogP contribution in [0.4, 0.5) is 8.78 Å². The molecule has 0 bridgehead atoms. The lowest BCUT2D eigenvalue weighted by Gasteiger charge is -2.14. The summed E-state index contributed by atoms with van der Waals surface area (Å²) in [5.41, 5.74) is 7.04. The number of aryl methyl sites for hydroxylation is 4. The second kappa shape index (κ2) is 6.20. The van der Waals surface area contributed by atoms with Crippen molar-refractivity contribution in [2.75, 3.05) is 0 Å². The Morgan fingerprint density at radius 3 is 1.83 bits per heavy atom. The highest BCUT2D eigenvalue weighted by molar-refractivity contribution is 5.77. The van der Waals surface area contributed by atoms with Gasteiger partial charge in [-0.05, 0) is 85.3 Å². The summed E-state index contributed by atoms with van der Waals surface area (Å²) in [6.07, 6.45) is 0.